The highest BCUT2D eigenvalue weighted by atomic mass is 19.1. The molecule has 0 fully saturated rings. The molecule has 0 saturated carbocycles. The minimum absolute atomic E-state index is 0.303. The van der Waals surface area contributed by atoms with E-state index < -0.39 is 0 Å². The minimum atomic E-state index is -0.362. The molecule has 2 N–H and O–H groups in total. The quantitative estimate of drug-likeness (QED) is 0.567. The number of aromatic nitrogens is 2. The first-order chi connectivity index (χ1) is 13.2. The van der Waals surface area contributed by atoms with Crippen LogP contribution in [0.2, 0.25) is 0 Å². The van der Waals surface area contributed by atoms with Gasteiger partial charge >= 0.3 is 0 Å². The summed E-state index contributed by atoms with van der Waals surface area (Å²) in [5.41, 5.74) is 2.66. The van der Waals surface area contributed by atoms with Crippen LogP contribution in [0.5, 0.6) is 0 Å². The van der Waals surface area contributed by atoms with Crippen LogP contribution in [0.4, 0.5) is 10.2 Å². The number of amides is 1. The molecule has 3 aromatic carbocycles. The lowest BCUT2D eigenvalue weighted by Crippen LogP contribution is -2.12. The first kappa shape index (κ1) is 16.5. The number of carbonyl (C=O) groups excluding carboxylic acids is 1. The molecular formula is C21H13FN4O. The van der Waals surface area contributed by atoms with E-state index in [0.717, 1.165) is 0 Å². The number of benzene rings is 3. The van der Waals surface area contributed by atoms with Crippen LogP contribution in [0.15, 0.2) is 66.7 Å². The molecule has 0 aliphatic carbocycles. The maximum Gasteiger partial charge on any atom is 0.256 e. The number of nitriles is 1. The summed E-state index contributed by atoms with van der Waals surface area (Å²) in [5, 5.41) is 19.4. The number of rotatable bonds is 3. The maximum absolute atomic E-state index is 14.0. The van der Waals surface area contributed by atoms with Crippen LogP contribution in [-0.4, -0.2) is 16.1 Å². The second kappa shape index (κ2) is 6.73. The molecule has 0 atom stereocenters. The molecule has 1 heterocycles. The van der Waals surface area contributed by atoms with E-state index in [9.17, 15) is 9.18 Å². The van der Waals surface area contributed by atoms with E-state index in [4.69, 9.17) is 5.26 Å². The van der Waals surface area contributed by atoms with Crippen molar-refractivity contribution in [1.82, 2.24) is 10.2 Å². The topological polar surface area (TPSA) is 81.6 Å². The Balaban J connectivity index is 1.65. The van der Waals surface area contributed by atoms with Crippen molar-refractivity contribution in [2.24, 2.45) is 0 Å². The van der Waals surface area contributed by atoms with E-state index in [1.807, 2.05) is 6.07 Å². The molecule has 6 heteroatoms. The number of H-pyrrole nitrogens is 1. The zero-order valence-electron chi connectivity index (χ0n) is 14.0. The molecule has 1 amide bonds. The second-order valence-electron chi connectivity index (χ2n) is 5.96. The van der Waals surface area contributed by atoms with Crippen LogP contribution >= 0.6 is 0 Å². The van der Waals surface area contributed by atoms with Crippen molar-refractivity contribution in [3.63, 3.8) is 0 Å². The van der Waals surface area contributed by atoms with Crippen LogP contribution in [0, 0.1) is 17.1 Å². The van der Waals surface area contributed by atoms with Crippen molar-refractivity contribution in [2.45, 2.75) is 0 Å². The highest BCUT2D eigenvalue weighted by Crippen LogP contribution is 2.28. The van der Waals surface area contributed by atoms with Crippen LogP contribution in [0.25, 0.3) is 22.0 Å². The molecule has 130 valence electrons. The Hall–Kier alpha value is -3.98. The van der Waals surface area contributed by atoms with E-state index in [1.54, 1.807) is 54.6 Å². The van der Waals surface area contributed by atoms with Gasteiger partial charge in [-0.05, 0) is 42.0 Å². The van der Waals surface area contributed by atoms with Gasteiger partial charge in [0.25, 0.3) is 5.91 Å². The standard InChI is InChI=1S/C21H13FN4O/c22-18-7-2-1-6-16(18)14-8-9-17-19(11-14)25-26-20(17)24-21(27)15-5-3-4-13(10-15)12-23/h1-11H,(H2,24,25,26,27). The van der Waals surface area contributed by atoms with E-state index in [0.29, 0.717) is 39.0 Å². The summed E-state index contributed by atoms with van der Waals surface area (Å²) >= 11 is 0. The van der Waals surface area contributed by atoms with Crippen molar-refractivity contribution in [2.75, 3.05) is 5.32 Å². The summed E-state index contributed by atoms with van der Waals surface area (Å²) < 4.78 is 14.0. The SMILES string of the molecule is N#Cc1cccc(C(=O)Nc2n[nH]c3cc(-c4ccccc4F)ccc23)c1. The molecule has 1 aromatic heterocycles. The number of nitrogens with one attached hydrogen (secondary N) is 2. The molecule has 0 unspecified atom stereocenters. The fraction of sp³-hybridized carbons (Fsp3) is 0. The number of aromatic amines is 1. The highest BCUT2D eigenvalue weighted by molar-refractivity contribution is 6.08. The summed E-state index contributed by atoms with van der Waals surface area (Å²) in [6.45, 7) is 0. The third-order valence-electron chi connectivity index (χ3n) is 4.23. The van der Waals surface area contributed by atoms with Gasteiger partial charge in [0.1, 0.15) is 5.82 Å². The van der Waals surface area contributed by atoms with E-state index >= 15 is 0 Å². The lowest BCUT2D eigenvalue weighted by molar-refractivity contribution is 0.102. The predicted molar refractivity (Wildman–Crippen MR) is 101 cm³/mol. The third kappa shape index (κ3) is 3.14. The molecule has 0 spiro atoms. The van der Waals surface area contributed by atoms with Gasteiger partial charge in [-0.1, -0.05) is 30.3 Å². The lowest BCUT2D eigenvalue weighted by atomic mass is 10.0. The first-order valence-electron chi connectivity index (χ1n) is 8.20. The van der Waals surface area contributed by atoms with Gasteiger partial charge in [-0.2, -0.15) is 10.4 Å². The van der Waals surface area contributed by atoms with E-state index in [2.05, 4.69) is 15.5 Å². The average molecular weight is 356 g/mol. The number of hydrogen-bond acceptors (Lipinski definition) is 3. The summed E-state index contributed by atoms with van der Waals surface area (Å²) in [6, 6.07) is 20.3. The minimum Gasteiger partial charge on any atom is -0.305 e. The molecule has 0 aliphatic rings. The number of hydrogen-bond donors (Lipinski definition) is 2. The predicted octanol–water partition coefficient (Wildman–Crippen LogP) is 4.49. The lowest BCUT2D eigenvalue weighted by Gasteiger charge is -2.05. The number of anilines is 1. The van der Waals surface area contributed by atoms with Crippen molar-refractivity contribution in [3.8, 4) is 17.2 Å². The molecule has 4 rings (SSSR count). The Kier molecular flexibility index (Phi) is 4.11. The Morgan fingerprint density at radius 3 is 2.74 bits per heavy atom. The Bertz CT molecular complexity index is 1210. The van der Waals surface area contributed by atoms with Gasteiger partial charge in [0.05, 0.1) is 17.1 Å². The van der Waals surface area contributed by atoms with Gasteiger partial charge < -0.3 is 5.32 Å². The molecular weight excluding hydrogens is 343 g/mol. The van der Waals surface area contributed by atoms with Crippen LogP contribution < -0.4 is 5.32 Å². The third-order valence-corrected chi connectivity index (χ3v) is 4.23. The number of fused-ring (bicyclic) bond motifs is 1. The average Bonchev–Trinajstić information content (AvgIpc) is 3.10. The number of halogens is 1. The monoisotopic (exact) mass is 356 g/mol. The summed E-state index contributed by atoms with van der Waals surface area (Å²) in [5.74, 6) is -0.293. The van der Waals surface area contributed by atoms with Gasteiger partial charge in [-0.3, -0.25) is 9.89 Å². The number of nitrogens with zero attached hydrogens (tertiary/aromatic N) is 2. The molecule has 0 saturated heterocycles. The van der Waals surface area contributed by atoms with E-state index in [-0.39, 0.29) is 11.7 Å². The maximum atomic E-state index is 14.0. The van der Waals surface area contributed by atoms with Gasteiger partial charge in [-0.25, -0.2) is 4.39 Å². The summed E-state index contributed by atoms with van der Waals surface area (Å²) in [4.78, 5) is 12.4. The van der Waals surface area contributed by atoms with Crippen molar-refractivity contribution < 1.29 is 9.18 Å². The van der Waals surface area contributed by atoms with Crippen molar-refractivity contribution in [1.29, 1.82) is 5.26 Å². The second-order valence-corrected chi connectivity index (χ2v) is 5.96. The van der Waals surface area contributed by atoms with Crippen LogP contribution in [0.1, 0.15) is 15.9 Å². The number of carbonyl (C=O) groups is 1. The molecule has 4 aromatic rings. The van der Waals surface area contributed by atoms with Crippen molar-refractivity contribution >= 4 is 22.6 Å². The van der Waals surface area contributed by atoms with Gasteiger partial charge in [-0.15, -0.1) is 0 Å². The summed E-state index contributed by atoms with van der Waals surface area (Å²) in [7, 11) is 0. The van der Waals surface area contributed by atoms with Crippen molar-refractivity contribution in [3.05, 3.63) is 83.7 Å². The molecule has 27 heavy (non-hydrogen) atoms. The van der Waals surface area contributed by atoms with Gasteiger partial charge in [0, 0.05) is 16.5 Å². The normalized spacial score (nSPS) is 10.5. The van der Waals surface area contributed by atoms with Crippen LogP contribution in [0.3, 0.4) is 0 Å². The Labute approximate surface area is 154 Å². The smallest absolute Gasteiger partial charge is 0.256 e. The van der Waals surface area contributed by atoms with Gasteiger partial charge in [0.15, 0.2) is 5.82 Å². The molecule has 0 bridgehead atoms. The largest absolute Gasteiger partial charge is 0.305 e. The first-order valence-corrected chi connectivity index (χ1v) is 8.20. The molecule has 0 aliphatic heterocycles. The zero-order valence-corrected chi connectivity index (χ0v) is 14.0. The molecule has 0 radical (unpaired) electrons. The fourth-order valence-electron chi connectivity index (χ4n) is 2.89. The summed E-state index contributed by atoms with van der Waals surface area (Å²) in [6.07, 6.45) is 0. The van der Waals surface area contributed by atoms with Gasteiger partial charge in [0.2, 0.25) is 0 Å². The highest BCUT2D eigenvalue weighted by Gasteiger charge is 2.13. The Morgan fingerprint density at radius 1 is 1.07 bits per heavy atom. The zero-order chi connectivity index (χ0) is 18.8. The van der Waals surface area contributed by atoms with Crippen LogP contribution in [-0.2, 0) is 0 Å². The Morgan fingerprint density at radius 2 is 1.93 bits per heavy atom. The fourth-order valence-corrected chi connectivity index (χ4v) is 2.89. The molecule has 5 nitrogen and oxygen atoms in total. The van der Waals surface area contributed by atoms with E-state index in [1.165, 1.54) is 12.1 Å².